The summed E-state index contributed by atoms with van der Waals surface area (Å²) in [5, 5.41) is 6.02. The van der Waals surface area contributed by atoms with Gasteiger partial charge in [-0.25, -0.2) is 22.8 Å². The molecule has 1 aliphatic heterocycles. The number of thiazole rings is 1. The number of aromatic nitrogens is 3. The Balaban J connectivity index is 1.47. The highest BCUT2D eigenvalue weighted by atomic mass is 32.2. The number of carbonyl (C=O) groups is 1. The summed E-state index contributed by atoms with van der Waals surface area (Å²) in [5.74, 6) is 0.508. The molecule has 9 nitrogen and oxygen atoms in total. The van der Waals surface area contributed by atoms with E-state index in [-0.39, 0.29) is 23.2 Å². The fourth-order valence-corrected chi connectivity index (χ4v) is 6.80. The number of nitrogens with one attached hydrogen (secondary N) is 1. The third-order valence-corrected chi connectivity index (χ3v) is 9.38. The van der Waals surface area contributed by atoms with Crippen LogP contribution in [0.3, 0.4) is 0 Å². The largest absolute Gasteiger partial charge is 0.386 e. The molecule has 0 aliphatic carbocycles. The first-order chi connectivity index (χ1) is 18.6. The number of hydrogen-bond donors (Lipinski definition) is 1. The normalized spacial score (nSPS) is 15.5. The topological polar surface area (TPSA) is 100 Å². The fraction of sp³-hybridized carbons (Fsp3) is 0.370. The molecular weight excluding hydrogens is 539 g/mol. The summed E-state index contributed by atoms with van der Waals surface area (Å²) < 4.78 is 39.9. The number of rotatable bonds is 8. The molecule has 4 heterocycles. The minimum absolute atomic E-state index is 0.166. The maximum Gasteiger partial charge on any atom is 0.282 e. The molecule has 1 aliphatic rings. The van der Waals surface area contributed by atoms with Crippen LogP contribution in [-0.4, -0.2) is 90.9 Å². The van der Waals surface area contributed by atoms with Crippen molar-refractivity contribution >= 4 is 43.8 Å². The van der Waals surface area contributed by atoms with E-state index in [2.05, 4.69) is 15.2 Å². The van der Waals surface area contributed by atoms with Crippen molar-refractivity contribution in [3.63, 3.8) is 0 Å². The number of carbonyl (C=O) groups excluding carboxylic acids is 1. The van der Waals surface area contributed by atoms with Gasteiger partial charge in [-0.2, -0.15) is 0 Å². The molecule has 12 heteroatoms. The highest BCUT2D eigenvalue weighted by Crippen LogP contribution is 2.30. The lowest BCUT2D eigenvalue weighted by Gasteiger charge is -2.26. The molecule has 0 unspecified atom stereocenters. The number of aryl methyl sites for hydroxylation is 1. The van der Waals surface area contributed by atoms with Crippen LogP contribution in [0.15, 0.2) is 41.9 Å². The van der Waals surface area contributed by atoms with Crippen molar-refractivity contribution in [2.45, 2.75) is 12.8 Å². The van der Waals surface area contributed by atoms with Gasteiger partial charge in [0.05, 0.1) is 22.9 Å². The second-order valence-corrected chi connectivity index (χ2v) is 13.0. The number of pyridine rings is 1. The predicted octanol–water partition coefficient (Wildman–Crippen LogP) is 3.69. The minimum Gasteiger partial charge on any atom is -0.386 e. The SMILES string of the molecule is CNc1ccc(-c2ccc3c(CCCN4CCS(=O)(=O)CC4)cn(-c4csc(C(=O)N(C)C)n4)c3n2)cc1F. The van der Waals surface area contributed by atoms with Crippen LogP contribution in [0.5, 0.6) is 0 Å². The minimum atomic E-state index is -2.91. The van der Waals surface area contributed by atoms with Crippen LogP contribution < -0.4 is 5.32 Å². The van der Waals surface area contributed by atoms with Gasteiger partial charge in [-0.05, 0) is 49.2 Å². The molecule has 0 spiro atoms. The van der Waals surface area contributed by atoms with Gasteiger partial charge in [0.1, 0.15) is 17.3 Å². The quantitative estimate of drug-likeness (QED) is 0.345. The van der Waals surface area contributed by atoms with Crippen LogP contribution in [0.1, 0.15) is 21.8 Å². The van der Waals surface area contributed by atoms with Crippen LogP contribution in [-0.2, 0) is 16.3 Å². The average molecular weight is 571 g/mol. The number of amides is 1. The van der Waals surface area contributed by atoms with Gasteiger partial charge in [0.2, 0.25) is 0 Å². The van der Waals surface area contributed by atoms with Gasteiger partial charge >= 0.3 is 0 Å². The number of benzene rings is 1. The third kappa shape index (κ3) is 5.82. The number of sulfone groups is 1. The Bertz CT molecular complexity index is 1620. The highest BCUT2D eigenvalue weighted by molar-refractivity contribution is 7.91. The summed E-state index contributed by atoms with van der Waals surface area (Å²) in [6, 6.07) is 8.86. The summed E-state index contributed by atoms with van der Waals surface area (Å²) in [6.45, 7) is 1.95. The molecule has 3 aromatic heterocycles. The molecule has 1 saturated heterocycles. The van der Waals surface area contributed by atoms with E-state index in [4.69, 9.17) is 4.98 Å². The van der Waals surface area contributed by atoms with Crippen molar-refractivity contribution in [1.29, 1.82) is 0 Å². The monoisotopic (exact) mass is 570 g/mol. The molecule has 1 amide bonds. The van der Waals surface area contributed by atoms with E-state index < -0.39 is 9.84 Å². The fourth-order valence-electron chi connectivity index (χ4n) is 4.71. The zero-order valence-electron chi connectivity index (χ0n) is 22.1. The smallest absolute Gasteiger partial charge is 0.282 e. The van der Waals surface area contributed by atoms with E-state index in [9.17, 15) is 17.6 Å². The van der Waals surface area contributed by atoms with Crippen molar-refractivity contribution < 1.29 is 17.6 Å². The van der Waals surface area contributed by atoms with Gasteiger partial charge in [-0.1, -0.05) is 6.07 Å². The number of hydrogen-bond acceptors (Lipinski definition) is 8. The van der Waals surface area contributed by atoms with Crippen LogP contribution >= 0.6 is 11.3 Å². The Morgan fingerprint density at radius 3 is 2.62 bits per heavy atom. The van der Waals surface area contributed by atoms with Crippen molar-refractivity contribution in [2.24, 2.45) is 0 Å². The molecule has 206 valence electrons. The first-order valence-corrected chi connectivity index (χ1v) is 15.4. The molecule has 0 atom stereocenters. The second-order valence-electron chi connectivity index (χ2n) is 9.84. The van der Waals surface area contributed by atoms with Crippen molar-refractivity contribution in [2.75, 3.05) is 57.6 Å². The summed E-state index contributed by atoms with van der Waals surface area (Å²) in [6.07, 6.45) is 3.64. The number of fused-ring (bicyclic) bond motifs is 1. The van der Waals surface area contributed by atoms with E-state index in [1.54, 1.807) is 27.2 Å². The maximum atomic E-state index is 14.5. The molecule has 1 N–H and O–H groups in total. The van der Waals surface area contributed by atoms with Crippen molar-refractivity contribution in [3.8, 4) is 17.1 Å². The van der Waals surface area contributed by atoms with Gasteiger partial charge < -0.3 is 15.1 Å². The molecule has 0 radical (unpaired) electrons. The van der Waals surface area contributed by atoms with E-state index >= 15 is 0 Å². The Labute approximate surface area is 231 Å². The molecule has 39 heavy (non-hydrogen) atoms. The average Bonchev–Trinajstić information content (AvgIpc) is 3.54. The Hall–Kier alpha value is -3.35. The number of nitrogens with zero attached hydrogens (tertiary/aromatic N) is 5. The Morgan fingerprint density at radius 2 is 1.92 bits per heavy atom. The number of anilines is 1. The Kier molecular flexibility index (Phi) is 7.70. The lowest BCUT2D eigenvalue weighted by molar-refractivity contribution is 0.0827. The predicted molar refractivity (Wildman–Crippen MR) is 153 cm³/mol. The molecule has 0 bridgehead atoms. The van der Waals surface area contributed by atoms with Crippen molar-refractivity contribution in [3.05, 3.63) is 58.3 Å². The van der Waals surface area contributed by atoms with Gasteiger partial charge in [0, 0.05) is 56.8 Å². The number of halogens is 1. The van der Waals surface area contributed by atoms with E-state index in [0.717, 1.165) is 30.3 Å². The summed E-state index contributed by atoms with van der Waals surface area (Å²) >= 11 is 1.28. The Morgan fingerprint density at radius 1 is 1.15 bits per heavy atom. The van der Waals surface area contributed by atoms with E-state index in [0.29, 0.717) is 46.5 Å². The first kappa shape index (κ1) is 27.2. The van der Waals surface area contributed by atoms with E-state index in [1.165, 1.54) is 22.3 Å². The zero-order chi connectivity index (χ0) is 27.7. The lowest BCUT2D eigenvalue weighted by Crippen LogP contribution is -2.40. The van der Waals surface area contributed by atoms with Crippen molar-refractivity contribution in [1.82, 2.24) is 24.3 Å². The van der Waals surface area contributed by atoms with Gasteiger partial charge in [-0.15, -0.1) is 11.3 Å². The van der Waals surface area contributed by atoms with Crippen LogP contribution in [0.4, 0.5) is 10.1 Å². The summed E-state index contributed by atoms with van der Waals surface area (Å²) in [5.41, 5.74) is 3.46. The van der Waals surface area contributed by atoms with E-state index in [1.807, 2.05) is 34.3 Å². The van der Waals surface area contributed by atoms with Gasteiger partial charge in [-0.3, -0.25) is 9.36 Å². The first-order valence-electron chi connectivity index (χ1n) is 12.7. The third-order valence-electron chi connectivity index (χ3n) is 6.95. The standard InChI is InChI=1S/C27H31FN6O3S2/c1-29-23-8-6-18(15-21(23)28)22-9-7-20-19(5-4-10-33-11-13-39(36,37)14-12-33)16-34(25(20)30-22)24-17-38-26(31-24)27(35)32(2)3/h6-9,15-17,29H,4-5,10-14H2,1-3H3. The summed E-state index contributed by atoms with van der Waals surface area (Å²) in [4.78, 5) is 25.7. The van der Waals surface area contributed by atoms with Gasteiger partial charge in [0.15, 0.2) is 14.8 Å². The molecular formula is C27H31FN6O3S2. The molecule has 5 rings (SSSR count). The van der Waals surface area contributed by atoms with Crippen LogP contribution in [0, 0.1) is 5.82 Å². The maximum absolute atomic E-state index is 14.5. The molecule has 0 saturated carbocycles. The van der Waals surface area contributed by atoms with Crippen LogP contribution in [0.25, 0.3) is 28.1 Å². The highest BCUT2D eigenvalue weighted by Gasteiger charge is 2.22. The molecule has 1 fully saturated rings. The van der Waals surface area contributed by atoms with Gasteiger partial charge in [0.25, 0.3) is 5.91 Å². The van der Waals surface area contributed by atoms with Crippen LogP contribution in [0.2, 0.25) is 0 Å². The summed E-state index contributed by atoms with van der Waals surface area (Å²) in [7, 11) is 2.15. The molecule has 4 aromatic rings. The molecule has 1 aromatic carbocycles. The second kappa shape index (κ2) is 11.0. The lowest BCUT2D eigenvalue weighted by atomic mass is 10.1. The zero-order valence-corrected chi connectivity index (χ0v) is 23.8.